The summed E-state index contributed by atoms with van der Waals surface area (Å²) in [5, 5.41) is 14.8. The highest BCUT2D eigenvalue weighted by Crippen LogP contribution is 2.28. The highest BCUT2D eigenvalue weighted by Gasteiger charge is 2.19. The summed E-state index contributed by atoms with van der Waals surface area (Å²) in [4.78, 5) is 27.7. The van der Waals surface area contributed by atoms with Gasteiger partial charge in [-0.1, -0.05) is 11.2 Å². The first-order valence-electron chi connectivity index (χ1n) is 9.81. The molecule has 1 aromatic carbocycles. The largest absolute Gasteiger partial charge is 0.351 e. The lowest BCUT2D eigenvalue weighted by atomic mass is 10.1. The lowest BCUT2D eigenvalue weighted by Gasteiger charge is -2.11. The Hall–Kier alpha value is -4.15. The standard InChI is InChI=1S/C20H21N9O2/c1-9-17(26-18(22-9)19(30)21-8-16-23-10(2)27-28-16)12-4-5-14-13(6-12)7-15(25-14)20-24-11(3)29-31-20/h4-7,16,25,28H,8H2,1-3H3,(H,21,30)(H,22,26)(H,23,27). The van der Waals surface area contributed by atoms with Gasteiger partial charge in [0.05, 0.1) is 12.2 Å². The Morgan fingerprint density at radius 1 is 1.16 bits per heavy atom. The third-order valence-corrected chi connectivity index (χ3v) is 4.99. The molecule has 11 heteroatoms. The summed E-state index contributed by atoms with van der Waals surface area (Å²) in [6.45, 7) is 5.90. The number of amides is 1. The number of benzene rings is 1. The van der Waals surface area contributed by atoms with E-state index in [1.807, 2.05) is 38.1 Å². The summed E-state index contributed by atoms with van der Waals surface area (Å²) < 4.78 is 5.24. The first kappa shape index (κ1) is 18.9. The number of nitrogens with zero attached hydrogens (tertiary/aromatic N) is 4. The molecule has 1 unspecified atom stereocenters. The number of aryl methyl sites for hydroxylation is 2. The molecule has 1 aliphatic rings. The van der Waals surface area contributed by atoms with E-state index in [0.29, 0.717) is 18.3 Å². The van der Waals surface area contributed by atoms with Crippen molar-refractivity contribution in [3.8, 4) is 22.8 Å². The molecule has 0 fully saturated rings. The fourth-order valence-corrected chi connectivity index (χ4v) is 3.52. The molecule has 5 N–H and O–H groups in total. The van der Waals surface area contributed by atoms with Gasteiger partial charge >= 0.3 is 0 Å². The molecular weight excluding hydrogens is 398 g/mol. The topological polar surface area (TPSA) is 149 Å². The molecule has 1 amide bonds. The molecule has 1 aliphatic heterocycles. The molecule has 0 saturated carbocycles. The number of aromatic nitrogens is 5. The Morgan fingerprint density at radius 2 is 2.03 bits per heavy atom. The molecule has 158 valence electrons. The van der Waals surface area contributed by atoms with Gasteiger partial charge in [-0.25, -0.2) is 4.98 Å². The molecule has 3 aromatic heterocycles. The summed E-state index contributed by atoms with van der Waals surface area (Å²) in [5.41, 5.74) is 7.02. The van der Waals surface area contributed by atoms with Gasteiger partial charge in [-0.2, -0.15) is 10.1 Å². The number of H-pyrrole nitrogens is 2. The number of hydrogen-bond acceptors (Lipinski definition) is 8. The van der Waals surface area contributed by atoms with Crippen LogP contribution in [0, 0.1) is 13.8 Å². The van der Waals surface area contributed by atoms with Crippen LogP contribution in [0.5, 0.6) is 0 Å². The normalized spacial score (nSPS) is 15.6. The van der Waals surface area contributed by atoms with Gasteiger partial charge in [-0.05, 0) is 39.0 Å². The van der Waals surface area contributed by atoms with Crippen LogP contribution in [0.25, 0.3) is 33.7 Å². The fraction of sp³-hybridized carbons (Fsp3) is 0.250. The van der Waals surface area contributed by atoms with Crippen molar-refractivity contribution in [1.29, 1.82) is 0 Å². The van der Waals surface area contributed by atoms with Crippen LogP contribution in [-0.2, 0) is 0 Å². The van der Waals surface area contributed by atoms with Crippen LogP contribution in [0.1, 0.15) is 29.1 Å². The van der Waals surface area contributed by atoms with Gasteiger partial charge in [0.1, 0.15) is 17.7 Å². The van der Waals surface area contributed by atoms with E-state index in [-0.39, 0.29) is 17.9 Å². The van der Waals surface area contributed by atoms with E-state index in [1.165, 1.54) is 0 Å². The molecule has 0 spiro atoms. The van der Waals surface area contributed by atoms with Crippen molar-refractivity contribution in [2.75, 3.05) is 6.54 Å². The highest BCUT2D eigenvalue weighted by molar-refractivity contribution is 5.93. The van der Waals surface area contributed by atoms with E-state index in [0.717, 1.165) is 39.4 Å². The van der Waals surface area contributed by atoms with Crippen LogP contribution in [0.4, 0.5) is 0 Å². The number of hydrazone groups is 1. The van der Waals surface area contributed by atoms with Crippen LogP contribution in [0.2, 0.25) is 0 Å². The number of nitrogens with one attached hydrogen (secondary N) is 5. The number of amidine groups is 1. The second-order valence-electron chi connectivity index (χ2n) is 7.42. The Balaban J connectivity index is 1.36. The lowest BCUT2D eigenvalue weighted by Crippen LogP contribution is -2.44. The Kier molecular flexibility index (Phi) is 4.42. The minimum absolute atomic E-state index is 0.132. The van der Waals surface area contributed by atoms with E-state index >= 15 is 0 Å². The maximum Gasteiger partial charge on any atom is 0.287 e. The molecule has 31 heavy (non-hydrogen) atoms. The highest BCUT2D eigenvalue weighted by atomic mass is 16.5. The minimum Gasteiger partial charge on any atom is -0.351 e. The Bertz CT molecular complexity index is 1310. The van der Waals surface area contributed by atoms with Gasteiger partial charge in [-0.3, -0.25) is 10.2 Å². The Morgan fingerprint density at radius 3 is 2.77 bits per heavy atom. The van der Waals surface area contributed by atoms with Gasteiger partial charge < -0.3 is 25.1 Å². The van der Waals surface area contributed by atoms with Crippen LogP contribution in [0.3, 0.4) is 0 Å². The third-order valence-electron chi connectivity index (χ3n) is 4.99. The predicted octanol–water partition coefficient (Wildman–Crippen LogP) is 1.81. The number of hydrogen-bond donors (Lipinski definition) is 5. The van der Waals surface area contributed by atoms with Crippen LogP contribution in [0.15, 0.2) is 33.9 Å². The minimum atomic E-state index is -0.278. The van der Waals surface area contributed by atoms with Gasteiger partial charge in [0.15, 0.2) is 11.6 Å². The van der Waals surface area contributed by atoms with Crippen molar-refractivity contribution >= 4 is 22.6 Å². The van der Waals surface area contributed by atoms with Crippen LogP contribution >= 0.6 is 0 Å². The number of carbonyl (C=O) groups is 1. The second-order valence-corrected chi connectivity index (χ2v) is 7.42. The number of aromatic amines is 2. The fourth-order valence-electron chi connectivity index (χ4n) is 3.52. The summed E-state index contributed by atoms with van der Waals surface area (Å²) in [7, 11) is 0. The summed E-state index contributed by atoms with van der Waals surface area (Å²) in [6, 6.07) is 7.88. The van der Waals surface area contributed by atoms with Gasteiger partial charge in [0, 0.05) is 22.2 Å². The molecule has 11 nitrogen and oxygen atoms in total. The molecule has 5 rings (SSSR count). The zero-order valence-electron chi connectivity index (χ0n) is 17.2. The third kappa shape index (κ3) is 3.61. The van der Waals surface area contributed by atoms with Crippen LogP contribution in [-0.4, -0.2) is 49.5 Å². The maximum absolute atomic E-state index is 12.5. The van der Waals surface area contributed by atoms with Crippen molar-refractivity contribution in [1.82, 2.24) is 41.2 Å². The van der Waals surface area contributed by atoms with Gasteiger partial charge in [0.25, 0.3) is 11.8 Å². The second kappa shape index (κ2) is 7.27. The van der Waals surface area contributed by atoms with Crippen molar-refractivity contribution in [3.05, 3.63) is 41.6 Å². The molecule has 0 bridgehead atoms. The summed E-state index contributed by atoms with van der Waals surface area (Å²) >= 11 is 0. The smallest absolute Gasteiger partial charge is 0.287 e. The van der Waals surface area contributed by atoms with E-state index in [1.54, 1.807) is 6.92 Å². The summed E-state index contributed by atoms with van der Waals surface area (Å²) in [6.07, 6.45) is -0.132. The summed E-state index contributed by atoms with van der Waals surface area (Å²) in [5.74, 6) is 1.79. The molecule has 4 heterocycles. The first-order chi connectivity index (χ1) is 15.0. The molecule has 0 saturated heterocycles. The molecule has 1 atom stereocenters. The molecular formula is C20H21N9O2. The molecule has 0 radical (unpaired) electrons. The first-order valence-corrected chi connectivity index (χ1v) is 9.81. The Labute approximate surface area is 176 Å². The maximum atomic E-state index is 12.5. The quantitative estimate of drug-likeness (QED) is 0.331. The van der Waals surface area contributed by atoms with E-state index in [2.05, 4.69) is 46.3 Å². The van der Waals surface area contributed by atoms with Crippen molar-refractivity contribution in [2.24, 2.45) is 5.10 Å². The average molecular weight is 419 g/mol. The van der Waals surface area contributed by atoms with E-state index < -0.39 is 0 Å². The molecule has 4 aromatic rings. The number of imidazole rings is 1. The van der Waals surface area contributed by atoms with Crippen molar-refractivity contribution in [2.45, 2.75) is 26.9 Å². The zero-order valence-corrected chi connectivity index (χ0v) is 17.2. The molecule has 0 aliphatic carbocycles. The van der Waals surface area contributed by atoms with Gasteiger partial charge in [0.2, 0.25) is 0 Å². The SMILES string of the molecule is CC1=NNC(CNC(=O)c2nc(-c3ccc4[nH]c(-c5nc(C)no5)cc4c3)c(C)[nH]2)N1. The van der Waals surface area contributed by atoms with E-state index in [9.17, 15) is 4.79 Å². The number of rotatable bonds is 5. The number of carbonyl (C=O) groups excluding carboxylic acids is 1. The predicted molar refractivity (Wildman–Crippen MR) is 114 cm³/mol. The average Bonchev–Trinajstić information content (AvgIpc) is 3.52. The van der Waals surface area contributed by atoms with E-state index in [4.69, 9.17) is 4.52 Å². The van der Waals surface area contributed by atoms with Gasteiger partial charge in [-0.15, -0.1) is 0 Å². The monoisotopic (exact) mass is 419 g/mol. The van der Waals surface area contributed by atoms with Crippen molar-refractivity contribution < 1.29 is 9.32 Å². The number of fused-ring (bicyclic) bond motifs is 1. The lowest BCUT2D eigenvalue weighted by molar-refractivity contribution is 0.0939. The van der Waals surface area contributed by atoms with Crippen LogP contribution < -0.4 is 16.1 Å². The zero-order chi connectivity index (χ0) is 21.5. The van der Waals surface area contributed by atoms with Crippen molar-refractivity contribution in [3.63, 3.8) is 0 Å².